The van der Waals surface area contributed by atoms with Crippen molar-refractivity contribution in [1.82, 2.24) is 9.88 Å². The molecule has 0 spiro atoms. The third-order valence-electron chi connectivity index (χ3n) is 5.98. The molecule has 2 heterocycles. The summed E-state index contributed by atoms with van der Waals surface area (Å²) in [5.41, 5.74) is 4.55. The van der Waals surface area contributed by atoms with Gasteiger partial charge in [-0.2, -0.15) is 0 Å². The maximum Gasteiger partial charge on any atom is 0.335 e. The van der Waals surface area contributed by atoms with Crippen LogP contribution in [0.5, 0.6) is 0 Å². The van der Waals surface area contributed by atoms with Gasteiger partial charge in [0.15, 0.2) is 0 Å². The normalized spacial score (nSPS) is 15.1. The number of aromatic carboxylic acids is 1. The van der Waals surface area contributed by atoms with Crippen molar-refractivity contribution in [3.8, 4) is 5.69 Å². The molecule has 1 fully saturated rings. The Labute approximate surface area is 206 Å². The molecule has 2 aromatic carbocycles. The molecule has 0 bridgehead atoms. The van der Waals surface area contributed by atoms with Crippen LogP contribution in [0.1, 0.15) is 38.4 Å². The van der Waals surface area contributed by atoms with Crippen LogP contribution in [0.2, 0.25) is 5.02 Å². The number of barbiturate groups is 1. The van der Waals surface area contributed by atoms with E-state index in [0.717, 1.165) is 21.7 Å². The highest BCUT2D eigenvalue weighted by molar-refractivity contribution is 6.39. The maximum atomic E-state index is 13.3. The molecule has 1 aliphatic rings. The van der Waals surface area contributed by atoms with Crippen molar-refractivity contribution in [2.75, 3.05) is 4.90 Å². The monoisotopic (exact) mass is 491 g/mol. The van der Waals surface area contributed by atoms with Crippen molar-refractivity contribution in [3.05, 3.63) is 86.7 Å². The first-order valence-corrected chi connectivity index (χ1v) is 11.1. The zero-order valence-electron chi connectivity index (χ0n) is 19.5. The number of aromatic nitrogens is 1. The van der Waals surface area contributed by atoms with Crippen molar-refractivity contribution in [1.29, 1.82) is 0 Å². The van der Waals surface area contributed by atoms with Crippen molar-refractivity contribution < 1.29 is 24.3 Å². The van der Waals surface area contributed by atoms with Gasteiger partial charge in [0.2, 0.25) is 0 Å². The first-order chi connectivity index (χ1) is 16.5. The molecule has 4 amide bonds. The number of urea groups is 1. The third-order valence-corrected chi connectivity index (χ3v) is 6.39. The number of anilines is 1. The molecular formula is C26H22ClN3O5. The highest BCUT2D eigenvalue weighted by Crippen LogP contribution is 2.29. The summed E-state index contributed by atoms with van der Waals surface area (Å²) in [5.74, 6) is -2.61. The van der Waals surface area contributed by atoms with Crippen LogP contribution in [0.4, 0.5) is 10.5 Å². The molecule has 4 rings (SSSR count). The number of imide groups is 2. The number of amides is 4. The van der Waals surface area contributed by atoms with Crippen molar-refractivity contribution in [3.63, 3.8) is 0 Å². The van der Waals surface area contributed by atoms with Gasteiger partial charge in [0.25, 0.3) is 11.8 Å². The molecule has 8 nitrogen and oxygen atoms in total. The van der Waals surface area contributed by atoms with E-state index in [1.54, 1.807) is 44.2 Å². The Bertz CT molecular complexity index is 1470. The molecule has 1 aromatic heterocycles. The number of hydrogen-bond donors (Lipinski definition) is 2. The first kappa shape index (κ1) is 24.0. The summed E-state index contributed by atoms with van der Waals surface area (Å²) in [6, 6.07) is 10.5. The summed E-state index contributed by atoms with van der Waals surface area (Å²) in [7, 11) is 0. The summed E-state index contributed by atoms with van der Waals surface area (Å²) in [6.07, 6.45) is 1.43. The number of aryl methyl sites for hydroxylation is 3. The zero-order chi connectivity index (χ0) is 25.6. The Hall–Kier alpha value is -4.17. The van der Waals surface area contributed by atoms with Gasteiger partial charge in [-0.15, -0.1) is 0 Å². The van der Waals surface area contributed by atoms with Gasteiger partial charge >= 0.3 is 12.0 Å². The smallest absolute Gasteiger partial charge is 0.335 e. The standard InChI is InChI=1S/C26H22ClN3O5/c1-13-6-8-19(12-21(13)27)30-24(32)20(23(31)28-26(30)35)10-18-9-15(3)29(16(18)4)22-11-17(25(33)34)7-5-14(22)2/h5-12H,1-4H3,(H,33,34)(H,28,31,35)/b20-10-. The first-order valence-electron chi connectivity index (χ1n) is 10.7. The second-order valence-electron chi connectivity index (χ2n) is 8.36. The molecule has 0 aliphatic carbocycles. The van der Waals surface area contributed by atoms with Gasteiger partial charge in [0, 0.05) is 22.1 Å². The van der Waals surface area contributed by atoms with Gasteiger partial charge in [-0.1, -0.05) is 23.7 Å². The molecule has 2 N–H and O–H groups in total. The largest absolute Gasteiger partial charge is 0.478 e. The molecule has 3 aromatic rings. The quantitative estimate of drug-likeness (QED) is 0.405. The average Bonchev–Trinajstić information content (AvgIpc) is 3.06. The third kappa shape index (κ3) is 4.24. The van der Waals surface area contributed by atoms with E-state index in [-0.39, 0.29) is 16.8 Å². The maximum absolute atomic E-state index is 13.3. The summed E-state index contributed by atoms with van der Waals surface area (Å²) in [5, 5.41) is 12.0. The fourth-order valence-corrected chi connectivity index (χ4v) is 4.23. The van der Waals surface area contributed by atoms with Crippen LogP contribution in [0, 0.1) is 27.7 Å². The van der Waals surface area contributed by atoms with Crippen LogP contribution < -0.4 is 10.2 Å². The van der Waals surface area contributed by atoms with Crippen molar-refractivity contribution in [2.45, 2.75) is 27.7 Å². The van der Waals surface area contributed by atoms with Crippen LogP contribution >= 0.6 is 11.6 Å². The van der Waals surface area contributed by atoms with Gasteiger partial charge in [-0.3, -0.25) is 14.9 Å². The Balaban J connectivity index is 1.79. The molecule has 0 atom stereocenters. The summed E-state index contributed by atoms with van der Waals surface area (Å²) in [4.78, 5) is 50.7. The van der Waals surface area contributed by atoms with E-state index in [1.807, 2.05) is 18.4 Å². The lowest BCUT2D eigenvalue weighted by atomic mass is 10.1. The van der Waals surface area contributed by atoms with E-state index in [9.17, 15) is 24.3 Å². The lowest BCUT2D eigenvalue weighted by Gasteiger charge is -2.26. The van der Waals surface area contributed by atoms with Crippen molar-refractivity contribution >= 4 is 47.2 Å². The Morgan fingerprint density at radius 3 is 2.31 bits per heavy atom. The van der Waals surface area contributed by atoms with Gasteiger partial charge in [0.1, 0.15) is 5.57 Å². The van der Waals surface area contributed by atoms with Crippen molar-refractivity contribution in [2.24, 2.45) is 0 Å². The minimum Gasteiger partial charge on any atom is -0.478 e. The second kappa shape index (κ2) is 8.88. The highest BCUT2D eigenvalue weighted by atomic mass is 35.5. The van der Waals surface area contributed by atoms with E-state index in [0.29, 0.717) is 22.0 Å². The summed E-state index contributed by atoms with van der Waals surface area (Å²) < 4.78 is 1.86. The highest BCUT2D eigenvalue weighted by Gasteiger charge is 2.37. The minimum atomic E-state index is -1.04. The second-order valence-corrected chi connectivity index (χ2v) is 8.77. The Kier molecular flexibility index (Phi) is 6.08. The number of carbonyl (C=O) groups is 4. The molecule has 9 heteroatoms. The zero-order valence-corrected chi connectivity index (χ0v) is 20.2. The van der Waals surface area contributed by atoms with Crippen LogP contribution in [0.25, 0.3) is 11.8 Å². The van der Waals surface area contributed by atoms with E-state index in [1.165, 1.54) is 18.2 Å². The Morgan fingerprint density at radius 2 is 1.66 bits per heavy atom. The molecular weight excluding hydrogens is 470 g/mol. The predicted molar refractivity (Wildman–Crippen MR) is 132 cm³/mol. The van der Waals surface area contributed by atoms with Gasteiger partial charge < -0.3 is 9.67 Å². The topological polar surface area (TPSA) is 109 Å². The molecule has 178 valence electrons. The number of carboxylic acid groups (broad SMARTS) is 1. The lowest BCUT2D eigenvalue weighted by Crippen LogP contribution is -2.54. The van der Waals surface area contributed by atoms with Gasteiger partial charge in [-0.25, -0.2) is 14.5 Å². The molecule has 0 unspecified atom stereocenters. The van der Waals surface area contributed by atoms with Crippen LogP contribution in [0.3, 0.4) is 0 Å². The minimum absolute atomic E-state index is 0.144. The number of carboxylic acids is 1. The van der Waals surface area contributed by atoms with Crippen LogP contribution in [-0.2, 0) is 9.59 Å². The van der Waals surface area contributed by atoms with Gasteiger partial charge in [0.05, 0.1) is 11.3 Å². The van der Waals surface area contributed by atoms with Crippen LogP contribution in [-0.4, -0.2) is 33.5 Å². The number of hydrogen-bond acceptors (Lipinski definition) is 4. The molecule has 1 saturated heterocycles. The number of halogens is 1. The van der Waals surface area contributed by atoms with E-state index in [2.05, 4.69) is 5.32 Å². The summed E-state index contributed by atoms with van der Waals surface area (Å²) >= 11 is 6.18. The number of nitrogens with zero attached hydrogens (tertiary/aromatic N) is 2. The number of rotatable bonds is 4. The molecule has 0 radical (unpaired) electrons. The number of carbonyl (C=O) groups excluding carboxylic acids is 3. The predicted octanol–water partition coefficient (Wildman–Crippen LogP) is 4.73. The molecule has 1 aliphatic heterocycles. The Morgan fingerprint density at radius 1 is 0.971 bits per heavy atom. The SMILES string of the molecule is Cc1ccc(N2C(=O)NC(=O)/C(=C/c3cc(C)n(-c4cc(C(=O)O)ccc4C)c3C)C2=O)cc1Cl. The number of benzene rings is 2. The number of nitrogens with one attached hydrogen (secondary N) is 1. The van der Waals surface area contributed by atoms with E-state index in [4.69, 9.17) is 11.6 Å². The summed E-state index contributed by atoms with van der Waals surface area (Å²) in [6.45, 7) is 7.31. The van der Waals surface area contributed by atoms with Crippen LogP contribution in [0.15, 0.2) is 48.0 Å². The average molecular weight is 492 g/mol. The van der Waals surface area contributed by atoms with Gasteiger partial charge in [-0.05, 0) is 80.8 Å². The fourth-order valence-electron chi connectivity index (χ4n) is 4.06. The molecule has 0 saturated carbocycles. The lowest BCUT2D eigenvalue weighted by molar-refractivity contribution is -0.122. The van der Waals surface area contributed by atoms with E-state index < -0.39 is 23.8 Å². The molecule has 35 heavy (non-hydrogen) atoms. The fraction of sp³-hybridized carbons (Fsp3) is 0.154. The van der Waals surface area contributed by atoms with E-state index >= 15 is 0 Å².